The van der Waals surface area contributed by atoms with E-state index in [-0.39, 0.29) is 5.84 Å². The Labute approximate surface area is 107 Å². The maximum Gasteiger partial charge on any atom is 0.226 e. The minimum absolute atomic E-state index is 0.0108. The third kappa shape index (κ3) is 2.52. The molecule has 1 aromatic rings. The summed E-state index contributed by atoms with van der Waals surface area (Å²) in [4.78, 5) is 10.8. The van der Waals surface area contributed by atoms with E-state index in [4.69, 9.17) is 10.9 Å². The van der Waals surface area contributed by atoms with Gasteiger partial charge < -0.3 is 15.8 Å². The van der Waals surface area contributed by atoms with Gasteiger partial charge in [-0.05, 0) is 31.7 Å². The summed E-state index contributed by atoms with van der Waals surface area (Å²) in [6, 6.07) is 2.05. The lowest BCUT2D eigenvalue weighted by atomic mass is 9.94. The molecule has 2 unspecified atom stereocenters. The number of aromatic nitrogens is 2. The van der Waals surface area contributed by atoms with Gasteiger partial charge in [0, 0.05) is 18.8 Å². The molecule has 0 radical (unpaired) electrons. The molecule has 1 aromatic heterocycles. The fourth-order valence-electron chi connectivity index (χ4n) is 2.39. The zero-order chi connectivity index (χ0) is 13.1. The second-order valence-corrected chi connectivity index (χ2v) is 4.90. The summed E-state index contributed by atoms with van der Waals surface area (Å²) < 4.78 is 0. The molecule has 0 bridgehead atoms. The van der Waals surface area contributed by atoms with Gasteiger partial charge in [0.1, 0.15) is 5.69 Å². The zero-order valence-corrected chi connectivity index (χ0v) is 10.7. The van der Waals surface area contributed by atoms with Crippen LogP contribution in [-0.2, 0) is 0 Å². The standard InChI is InChI=1S/C12H19N5O/c1-8-4-6-17(9(2)7-8)12-14-5-3-10(15-12)11(13)16-18/h3,5,8-9,18H,4,6-7H2,1-2H3,(H2,13,16). The van der Waals surface area contributed by atoms with E-state index in [2.05, 4.69) is 33.9 Å². The van der Waals surface area contributed by atoms with Crippen LogP contribution < -0.4 is 10.6 Å². The molecular weight excluding hydrogens is 230 g/mol. The van der Waals surface area contributed by atoms with E-state index in [9.17, 15) is 0 Å². The fraction of sp³-hybridized carbons (Fsp3) is 0.583. The van der Waals surface area contributed by atoms with Crippen LogP contribution in [0.4, 0.5) is 5.95 Å². The van der Waals surface area contributed by atoms with E-state index in [1.165, 1.54) is 0 Å². The topological polar surface area (TPSA) is 87.6 Å². The summed E-state index contributed by atoms with van der Waals surface area (Å²) in [5, 5.41) is 11.6. The Bertz CT molecular complexity index is 448. The minimum Gasteiger partial charge on any atom is -0.409 e. The molecule has 0 amide bonds. The lowest BCUT2D eigenvalue weighted by molar-refractivity contribution is 0.318. The highest BCUT2D eigenvalue weighted by Gasteiger charge is 2.24. The van der Waals surface area contributed by atoms with Gasteiger partial charge >= 0.3 is 0 Å². The van der Waals surface area contributed by atoms with Crippen molar-refractivity contribution in [3.8, 4) is 0 Å². The van der Waals surface area contributed by atoms with Gasteiger partial charge in [0.2, 0.25) is 5.95 Å². The molecular formula is C12H19N5O. The summed E-state index contributed by atoms with van der Waals surface area (Å²) in [5.41, 5.74) is 5.99. The Hall–Kier alpha value is -1.85. The van der Waals surface area contributed by atoms with Gasteiger partial charge in [0.25, 0.3) is 0 Å². The van der Waals surface area contributed by atoms with E-state index in [1.54, 1.807) is 12.3 Å². The summed E-state index contributed by atoms with van der Waals surface area (Å²) in [5.74, 6) is 1.40. The number of rotatable bonds is 2. The van der Waals surface area contributed by atoms with Crippen molar-refractivity contribution in [2.24, 2.45) is 16.8 Å². The summed E-state index contributed by atoms with van der Waals surface area (Å²) in [6.45, 7) is 5.39. The Kier molecular flexibility index (Phi) is 3.64. The molecule has 98 valence electrons. The molecule has 2 heterocycles. The number of hydrogen-bond acceptors (Lipinski definition) is 5. The molecule has 2 atom stereocenters. The zero-order valence-electron chi connectivity index (χ0n) is 10.7. The molecule has 3 N–H and O–H groups in total. The van der Waals surface area contributed by atoms with Crippen molar-refractivity contribution in [3.05, 3.63) is 18.0 Å². The number of nitrogens with zero attached hydrogens (tertiary/aromatic N) is 4. The van der Waals surface area contributed by atoms with E-state index < -0.39 is 0 Å². The van der Waals surface area contributed by atoms with E-state index >= 15 is 0 Å². The van der Waals surface area contributed by atoms with Gasteiger partial charge in [-0.3, -0.25) is 0 Å². The minimum atomic E-state index is 0.0108. The Morgan fingerprint density at radius 3 is 3.00 bits per heavy atom. The predicted molar refractivity (Wildman–Crippen MR) is 69.7 cm³/mol. The van der Waals surface area contributed by atoms with E-state index in [0.29, 0.717) is 17.7 Å². The molecule has 1 fully saturated rings. The maximum absolute atomic E-state index is 8.67. The van der Waals surface area contributed by atoms with Crippen LogP contribution in [-0.4, -0.2) is 33.6 Å². The quantitative estimate of drug-likeness (QED) is 0.356. The smallest absolute Gasteiger partial charge is 0.226 e. The second kappa shape index (κ2) is 5.20. The predicted octanol–water partition coefficient (Wildman–Crippen LogP) is 1.20. The number of anilines is 1. The van der Waals surface area contributed by atoms with Crippen molar-refractivity contribution in [2.75, 3.05) is 11.4 Å². The van der Waals surface area contributed by atoms with Crippen LogP contribution >= 0.6 is 0 Å². The average Bonchev–Trinajstić information content (AvgIpc) is 2.38. The van der Waals surface area contributed by atoms with Crippen LogP contribution in [0.25, 0.3) is 0 Å². The van der Waals surface area contributed by atoms with Gasteiger partial charge in [0.05, 0.1) is 0 Å². The van der Waals surface area contributed by atoms with Crippen LogP contribution in [0.3, 0.4) is 0 Å². The molecule has 0 aliphatic carbocycles. The van der Waals surface area contributed by atoms with E-state index in [1.807, 2.05) is 0 Å². The molecule has 1 saturated heterocycles. The van der Waals surface area contributed by atoms with Gasteiger partial charge in [-0.1, -0.05) is 12.1 Å². The molecule has 6 nitrogen and oxygen atoms in total. The first-order chi connectivity index (χ1) is 8.61. The highest BCUT2D eigenvalue weighted by Crippen LogP contribution is 2.25. The van der Waals surface area contributed by atoms with Crippen molar-refractivity contribution in [1.29, 1.82) is 0 Å². The normalized spacial score (nSPS) is 25.2. The number of amidine groups is 1. The highest BCUT2D eigenvalue weighted by molar-refractivity contribution is 5.95. The summed E-state index contributed by atoms with van der Waals surface area (Å²) in [6.07, 6.45) is 3.92. The number of nitrogens with two attached hydrogens (primary N) is 1. The SMILES string of the molecule is CC1CCN(c2nccc(/C(N)=N/O)n2)C(C)C1. The largest absolute Gasteiger partial charge is 0.409 e. The van der Waals surface area contributed by atoms with Crippen LogP contribution in [0, 0.1) is 5.92 Å². The molecule has 0 spiro atoms. The molecule has 1 aliphatic heterocycles. The average molecular weight is 249 g/mol. The number of oxime groups is 1. The van der Waals surface area contributed by atoms with Crippen LogP contribution in [0.15, 0.2) is 17.4 Å². The highest BCUT2D eigenvalue weighted by atomic mass is 16.4. The molecule has 0 aromatic carbocycles. The monoisotopic (exact) mass is 249 g/mol. The third-order valence-electron chi connectivity index (χ3n) is 3.41. The number of hydrogen-bond donors (Lipinski definition) is 2. The van der Waals surface area contributed by atoms with Crippen LogP contribution in [0.5, 0.6) is 0 Å². The molecule has 2 rings (SSSR count). The van der Waals surface area contributed by atoms with E-state index in [0.717, 1.165) is 25.3 Å². The third-order valence-corrected chi connectivity index (χ3v) is 3.41. The second-order valence-electron chi connectivity index (χ2n) is 4.90. The molecule has 1 aliphatic rings. The molecule has 18 heavy (non-hydrogen) atoms. The van der Waals surface area contributed by atoms with Crippen molar-refractivity contribution in [3.63, 3.8) is 0 Å². The summed E-state index contributed by atoms with van der Waals surface area (Å²) in [7, 11) is 0. The van der Waals surface area contributed by atoms with Crippen molar-refractivity contribution in [2.45, 2.75) is 32.7 Å². The lowest BCUT2D eigenvalue weighted by Gasteiger charge is -2.36. The van der Waals surface area contributed by atoms with Crippen molar-refractivity contribution in [1.82, 2.24) is 9.97 Å². The Morgan fingerprint density at radius 2 is 2.33 bits per heavy atom. The first-order valence-electron chi connectivity index (χ1n) is 6.19. The fourth-order valence-corrected chi connectivity index (χ4v) is 2.39. The van der Waals surface area contributed by atoms with Gasteiger partial charge in [-0.25, -0.2) is 9.97 Å². The number of piperidine rings is 1. The van der Waals surface area contributed by atoms with Crippen molar-refractivity contribution >= 4 is 11.8 Å². The first-order valence-corrected chi connectivity index (χ1v) is 6.19. The van der Waals surface area contributed by atoms with Gasteiger partial charge in [0.15, 0.2) is 5.84 Å². The maximum atomic E-state index is 8.67. The Morgan fingerprint density at radius 1 is 1.56 bits per heavy atom. The molecule has 0 saturated carbocycles. The molecule has 6 heteroatoms. The summed E-state index contributed by atoms with van der Waals surface area (Å²) >= 11 is 0. The van der Waals surface area contributed by atoms with Gasteiger partial charge in [-0.2, -0.15) is 0 Å². The van der Waals surface area contributed by atoms with Crippen LogP contribution in [0.2, 0.25) is 0 Å². The van der Waals surface area contributed by atoms with Gasteiger partial charge in [-0.15, -0.1) is 0 Å². The van der Waals surface area contributed by atoms with Crippen LogP contribution in [0.1, 0.15) is 32.4 Å². The Balaban J connectivity index is 2.23. The lowest BCUT2D eigenvalue weighted by Crippen LogP contribution is -2.41. The first kappa shape index (κ1) is 12.6. The van der Waals surface area contributed by atoms with Crippen molar-refractivity contribution < 1.29 is 5.21 Å².